The van der Waals surface area contributed by atoms with Crippen LogP contribution in [-0.4, -0.2) is 59.8 Å². The molecule has 1 aromatic rings. The molecule has 1 N–H and O–H groups in total. The summed E-state index contributed by atoms with van der Waals surface area (Å²) in [6.45, 7) is 5.77. The molecule has 3 heterocycles. The summed E-state index contributed by atoms with van der Waals surface area (Å²) in [6, 6.07) is 1.52. The molecule has 9 heteroatoms. The van der Waals surface area contributed by atoms with E-state index < -0.39 is 10.2 Å². The SMILES string of the molecule is CCCC1CCN(S(=O)(=O)N2CC[C@H](NC(=O)c3cc(C4CC4)on3)C[C@@H]2C)CC1. The Morgan fingerprint density at radius 2 is 1.93 bits per heavy atom. The van der Waals surface area contributed by atoms with Crippen molar-refractivity contribution >= 4 is 16.1 Å². The van der Waals surface area contributed by atoms with Crippen molar-refractivity contribution < 1.29 is 17.7 Å². The molecule has 168 valence electrons. The maximum absolute atomic E-state index is 13.2. The molecule has 2 aliphatic heterocycles. The van der Waals surface area contributed by atoms with Gasteiger partial charge in [-0.25, -0.2) is 0 Å². The van der Waals surface area contributed by atoms with E-state index in [9.17, 15) is 13.2 Å². The van der Waals surface area contributed by atoms with Gasteiger partial charge in [0, 0.05) is 43.7 Å². The van der Waals surface area contributed by atoms with Crippen molar-refractivity contribution in [1.82, 2.24) is 19.1 Å². The first-order valence-corrected chi connectivity index (χ1v) is 12.8. The zero-order valence-electron chi connectivity index (χ0n) is 18.0. The van der Waals surface area contributed by atoms with E-state index in [1.165, 1.54) is 6.42 Å². The molecule has 3 aliphatic rings. The predicted molar refractivity (Wildman–Crippen MR) is 113 cm³/mol. The van der Waals surface area contributed by atoms with Crippen LogP contribution in [0.3, 0.4) is 0 Å². The van der Waals surface area contributed by atoms with Gasteiger partial charge in [-0.1, -0.05) is 24.9 Å². The van der Waals surface area contributed by atoms with Crippen molar-refractivity contribution in [2.75, 3.05) is 19.6 Å². The number of carbonyl (C=O) groups is 1. The smallest absolute Gasteiger partial charge is 0.282 e. The molecule has 0 unspecified atom stereocenters. The van der Waals surface area contributed by atoms with Gasteiger partial charge in [0.1, 0.15) is 5.76 Å². The van der Waals surface area contributed by atoms with E-state index in [1.54, 1.807) is 14.7 Å². The number of hydrogen-bond donors (Lipinski definition) is 1. The van der Waals surface area contributed by atoms with Crippen LogP contribution >= 0.6 is 0 Å². The van der Waals surface area contributed by atoms with E-state index in [0.717, 1.165) is 37.9 Å². The second kappa shape index (κ2) is 8.96. The fourth-order valence-electron chi connectivity index (χ4n) is 4.83. The molecule has 0 spiro atoms. The molecule has 1 saturated carbocycles. The molecule has 3 fully saturated rings. The Bertz CT molecular complexity index is 843. The summed E-state index contributed by atoms with van der Waals surface area (Å²) in [5.41, 5.74) is 0.314. The summed E-state index contributed by atoms with van der Waals surface area (Å²) in [6.07, 6.45) is 7.64. The standard InChI is InChI=1S/C21H34N4O4S/c1-3-4-16-7-10-24(11-8-16)30(27,28)25-12-9-18(13-15(25)2)22-21(26)19-14-20(29-23-19)17-5-6-17/h14-18H,3-13H2,1-2H3,(H,22,26)/t15-,18-/m0/s1. The zero-order valence-corrected chi connectivity index (χ0v) is 18.9. The van der Waals surface area contributed by atoms with Crippen molar-refractivity contribution in [3.05, 3.63) is 17.5 Å². The lowest BCUT2D eigenvalue weighted by Crippen LogP contribution is -2.55. The Morgan fingerprint density at radius 1 is 1.20 bits per heavy atom. The molecule has 2 saturated heterocycles. The van der Waals surface area contributed by atoms with Crippen molar-refractivity contribution in [1.29, 1.82) is 0 Å². The number of nitrogens with zero attached hydrogens (tertiary/aromatic N) is 3. The first-order valence-electron chi connectivity index (χ1n) is 11.4. The average Bonchev–Trinajstić information content (AvgIpc) is 3.45. The van der Waals surface area contributed by atoms with Crippen LogP contribution in [0.5, 0.6) is 0 Å². The molecular formula is C21H34N4O4S. The fraction of sp³-hybridized carbons (Fsp3) is 0.810. The summed E-state index contributed by atoms with van der Waals surface area (Å²) in [7, 11) is -3.45. The number of carbonyl (C=O) groups excluding carboxylic acids is 1. The van der Waals surface area contributed by atoms with Crippen molar-refractivity contribution in [2.45, 2.75) is 83.2 Å². The van der Waals surface area contributed by atoms with E-state index in [-0.39, 0.29) is 18.0 Å². The first kappa shape index (κ1) is 21.8. The van der Waals surface area contributed by atoms with Crippen LogP contribution in [0.2, 0.25) is 0 Å². The zero-order chi connectivity index (χ0) is 21.3. The Morgan fingerprint density at radius 3 is 2.57 bits per heavy atom. The minimum atomic E-state index is -3.45. The van der Waals surface area contributed by atoms with Crippen LogP contribution in [0, 0.1) is 5.92 Å². The largest absolute Gasteiger partial charge is 0.360 e. The molecule has 4 rings (SSSR count). The average molecular weight is 439 g/mol. The van der Waals surface area contributed by atoms with Gasteiger partial charge in [0.05, 0.1) is 0 Å². The fourth-order valence-corrected chi connectivity index (χ4v) is 6.67. The minimum Gasteiger partial charge on any atom is -0.360 e. The highest BCUT2D eigenvalue weighted by Crippen LogP contribution is 2.40. The highest BCUT2D eigenvalue weighted by molar-refractivity contribution is 7.86. The number of aromatic nitrogens is 1. The van der Waals surface area contributed by atoms with Gasteiger partial charge in [0.15, 0.2) is 5.69 Å². The summed E-state index contributed by atoms with van der Waals surface area (Å²) >= 11 is 0. The molecular weight excluding hydrogens is 404 g/mol. The second-order valence-corrected chi connectivity index (χ2v) is 11.1. The Balaban J connectivity index is 1.30. The van der Waals surface area contributed by atoms with Gasteiger partial charge in [-0.3, -0.25) is 4.79 Å². The van der Waals surface area contributed by atoms with Crippen LogP contribution in [0.25, 0.3) is 0 Å². The lowest BCUT2D eigenvalue weighted by atomic mass is 9.94. The van der Waals surface area contributed by atoms with Crippen LogP contribution < -0.4 is 5.32 Å². The predicted octanol–water partition coefficient (Wildman–Crippen LogP) is 2.89. The van der Waals surface area contributed by atoms with Gasteiger partial charge >= 0.3 is 0 Å². The molecule has 2 atom stereocenters. The maximum atomic E-state index is 13.2. The van der Waals surface area contributed by atoms with Crippen LogP contribution in [0.1, 0.15) is 87.4 Å². The number of amides is 1. The van der Waals surface area contributed by atoms with Gasteiger partial charge in [-0.05, 0) is 51.4 Å². The van der Waals surface area contributed by atoms with Gasteiger partial charge in [-0.2, -0.15) is 17.0 Å². The quantitative estimate of drug-likeness (QED) is 0.706. The Labute approximate surface area is 179 Å². The van der Waals surface area contributed by atoms with Crippen LogP contribution in [0.15, 0.2) is 10.6 Å². The second-order valence-electron chi connectivity index (χ2n) is 9.18. The van der Waals surface area contributed by atoms with Crippen molar-refractivity contribution in [2.24, 2.45) is 5.92 Å². The lowest BCUT2D eigenvalue weighted by molar-refractivity contribution is 0.0903. The van der Waals surface area contributed by atoms with Crippen molar-refractivity contribution in [3.63, 3.8) is 0 Å². The number of hydrogen-bond acceptors (Lipinski definition) is 5. The maximum Gasteiger partial charge on any atom is 0.282 e. The highest BCUT2D eigenvalue weighted by Gasteiger charge is 2.39. The van der Waals surface area contributed by atoms with E-state index in [2.05, 4.69) is 17.4 Å². The van der Waals surface area contributed by atoms with Gasteiger partial charge < -0.3 is 9.84 Å². The van der Waals surface area contributed by atoms with Gasteiger partial charge in [-0.15, -0.1) is 0 Å². The normalized spacial score (nSPS) is 27.3. The van der Waals surface area contributed by atoms with E-state index >= 15 is 0 Å². The molecule has 8 nitrogen and oxygen atoms in total. The number of nitrogens with one attached hydrogen (secondary N) is 1. The monoisotopic (exact) mass is 438 g/mol. The molecule has 30 heavy (non-hydrogen) atoms. The Kier molecular flexibility index (Phi) is 6.50. The van der Waals surface area contributed by atoms with E-state index in [4.69, 9.17) is 4.52 Å². The van der Waals surface area contributed by atoms with Crippen LogP contribution in [0.4, 0.5) is 0 Å². The number of piperidine rings is 2. The summed E-state index contributed by atoms with van der Waals surface area (Å²) in [5, 5.41) is 6.91. The molecule has 1 aliphatic carbocycles. The minimum absolute atomic E-state index is 0.0599. The van der Waals surface area contributed by atoms with E-state index in [0.29, 0.717) is 50.0 Å². The van der Waals surface area contributed by atoms with Gasteiger partial charge in [0.25, 0.3) is 16.1 Å². The molecule has 0 radical (unpaired) electrons. The third-order valence-electron chi connectivity index (χ3n) is 6.78. The summed E-state index contributed by atoms with van der Waals surface area (Å²) in [5.74, 6) is 1.62. The first-order chi connectivity index (χ1) is 14.4. The molecule has 1 amide bonds. The molecule has 0 bridgehead atoms. The number of rotatable bonds is 7. The van der Waals surface area contributed by atoms with E-state index in [1.807, 2.05) is 6.92 Å². The molecule has 1 aromatic heterocycles. The highest BCUT2D eigenvalue weighted by atomic mass is 32.2. The van der Waals surface area contributed by atoms with Crippen molar-refractivity contribution in [3.8, 4) is 0 Å². The topological polar surface area (TPSA) is 95.8 Å². The summed E-state index contributed by atoms with van der Waals surface area (Å²) < 4.78 is 34.9. The Hall–Kier alpha value is -1.45. The third-order valence-corrected chi connectivity index (χ3v) is 8.94. The summed E-state index contributed by atoms with van der Waals surface area (Å²) in [4.78, 5) is 12.5. The van der Waals surface area contributed by atoms with Gasteiger partial charge in [0.2, 0.25) is 0 Å². The lowest BCUT2D eigenvalue weighted by Gasteiger charge is -2.41. The van der Waals surface area contributed by atoms with Crippen LogP contribution in [-0.2, 0) is 10.2 Å². The molecule has 0 aromatic carbocycles. The third kappa shape index (κ3) is 4.73.